The predicted molar refractivity (Wildman–Crippen MR) is 104 cm³/mol. The zero-order valence-corrected chi connectivity index (χ0v) is 16.3. The summed E-state index contributed by atoms with van der Waals surface area (Å²) in [6, 6.07) is 8.14. The molecule has 2 heterocycles. The lowest BCUT2D eigenvalue weighted by molar-refractivity contribution is -0.141. The number of anilines is 2. The summed E-state index contributed by atoms with van der Waals surface area (Å²) in [6.45, 7) is 3.56. The van der Waals surface area contributed by atoms with E-state index in [0.29, 0.717) is 5.69 Å². The number of nitrogens with one attached hydrogen (secondary N) is 1. The van der Waals surface area contributed by atoms with Gasteiger partial charge >= 0.3 is 6.18 Å². The van der Waals surface area contributed by atoms with Crippen LogP contribution < -0.4 is 5.32 Å². The van der Waals surface area contributed by atoms with Crippen LogP contribution in [-0.2, 0) is 12.7 Å². The fourth-order valence-electron chi connectivity index (χ4n) is 2.90. The summed E-state index contributed by atoms with van der Waals surface area (Å²) in [4.78, 5) is 7.36. The van der Waals surface area contributed by atoms with Gasteiger partial charge in [-0.05, 0) is 43.2 Å². The van der Waals surface area contributed by atoms with Gasteiger partial charge in [0.2, 0.25) is 5.95 Å². The summed E-state index contributed by atoms with van der Waals surface area (Å²) in [5.41, 5.74) is 0.673. The highest BCUT2D eigenvalue weighted by Crippen LogP contribution is 2.29. The molecule has 0 bridgehead atoms. The number of hydrogen-bond acceptors (Lipinski definition) is 6. The average Bonchev–Trinajstić information content (AvgIpc) is 3.08. The van der Waals surface area contributed by atoms with Gasteiger partial charge in [0.25, 0.3) is 0 Å². The molecule has 0 aliphatic carbocycles. The SMILES string of the molecule is Cc1cc(Nc2nccc(C(F)(F)F)n2)cc(-c2cnn(C[C@@](C)(O)CC#N)c2)c1. The molecular formula is C20H19F3N6O. The van der Waals surface area contributed by atoms with Crippen molar-refractivity contribution < 1.29 is 18.3 Å². The molecule has 0 aliphatic rings. The van der Waals surface area contributed by atoms with Gasteiger partial charge in [0, 0.05) is 23.6 Å². The largest absolute Gasteiger partial charge is 0.433 e. The highest BCUT2D eigenvalue weighted by Gasteiger charge is 2.32. The molecule has 1 aromatic carbocycles. The van der Waals surface area contributed by atoms with E-state index < -0.39 is 17.5 Å². The van der Waals surface area contributed by atoms with Crippen LogP contribution >= 0.6 is 0 Å². The standard InChI is InChI=1S/C20H19F3N6O/c1-13-7-14(15-10-26-29(11-15)12-19(2,30)4-5-24)9-16(8-13)27-18-25-6-3-17(28-18)20(21,22)23/h3,6-11,30H,4,12H2,1-2H3,(H,25,27,28)/t19-/m0/s1. The van der Waals surface area contributed by atoms with Gasteiger partial charge in [0.05, 0.1) is 30.8 Å². The molecule has 0 fully saturated rings. The number of aryl methyl sites for hydroxylation is 1. The molecule has 10 heteroatoms. The number of benzene rings is 1. The van der Waals surface area contributed by atoms with Crippen LogP contribution in [0.15, 0.2) is 42.9 Å². The van der Waals surface area contributed by atoms with Crippen LogP contribution in [0.1, 0.15) is 24.6 Å². The van der Waals surface area contributed by atoms with Gasteiger partial charge in [0.1, 0.15) is 5.69 Å². The normalized spacial score (nSPS) is 13.5. The van der Waals surface area contributed by atoms with Gasteiger partial charge in [-0.1, -0.05) is 6.07 Å². The van der Waals surface area contributed by atoms with E-state index in [2.05, 4.69) is 20.4 Å². The quantitative estimate of drug-likeness (QED) is 0.628. The summed E-state index contributed by atoms with van der Waals surface area (Å²) in [6.07, 6.45) is -0.199. The van der Waals surface area contributed by atoms with Gasteiger partial charge in [-0.25, -0.2) is 9.97 Å². The van der Waals surface area contributed by atoms with Crippen molar-refractivity contribution in [1.29, 1.82) is 5.26 Å². The highest BCUT2D eigenvalue weighted by molar-refractivity contribution is 5.70. The number of alkyl halides is 3. The number of hydrogen-bond donors (Lipinski definition) is 2. The minimum Gasteiger partial charge on any atom is -0.387 e. The lowest BCUT2D eigenvalue weighted by Gasteiger charge is -2.19. The third kappa shape index (κ3) is 5.33. The molecule has 2 aromatic heterocycles. The first-order valence-electron chi connectivity index (χ1n) is 8.97. The third-order valence-electron chi connectivity index (χ3n) is 4.21. The number of aromatic nitrogens is 4. The molecule has 156 valence electrons. The van der Waals surface area contributed by atoms with E-state index in [4.69, 9.17) is 5.26 Å². The fraction of sp³-hybridized carbons (Fsp3) is 0.300. The van der Waals surface area contributed by atoms with Crippen molar-refractivity contribution in [3.63, 3.8) is 0 Å². The second kappa shape index (κ2) is 8.12. The molecule has 7 nitrogen and oxygen atoms in total. The molecule has 0 amide bonds. The summed E-state index contributed by atoms with van der Waals surface area (Å²) < 4.78 is 40.1. The summed E-state index contributed by atoms with van der Waals surface area (Å²) >= 11 is 0. The lowest BCUT2D eigenvalue weighted by atomic mass is 10.0. The minimum atomic E-state index is -4.56. The monoisotopic (exact) mass is 416 g/mol. The van der Waals surface area contributed by atoms with Gasteiger partial charge in [-0.3, -0.25) is 4.68 Å². The van der Waals surface area contributed by atoms with Gasteiger partial charge in [0.15, 0.2) is 0 Å². The zero-order valence-electron chi connectivity index (χ0n) is 16.3. The van der Waals surface area contributed by atoms with E-state index >= 15 is 0 Å². The Bertz CT molecular complexity index is 1080. The van der Waals surface area contributed by atoms with Crippen LogP contribution in [0.5, 0.6) is 0 Å². The topological polar surface area (TPSA) is 99.7 Å². The van der Waals surface area contributed by atoms with Gasteiger partial charge in [-0.2, -0.15) is 23.5 Å². The average molecular weight is 416 g/mol. The second-order valence-corrected chi connectivity index (χ2v) is 7.23. The van der Waals surface area contributed by atoms with Gasteiger partial charge < -0.3 is 10.4 Å². The van der Waals surface area contributed by atoms with Crippen molar-refractivity contribution in [3.8, 4) is 17.2 Å². The van der Waals surface area contributed by atoms with Crippen LogP contribution in [0.25, 0.3) is 11.1 Å². The molecule has 0 saturated heterocycles. The smallest absolute Gasteiger partial charge is 0.387 e. The van der Waals surface area contributed by atoms with Crippen molar-refractivity contribution in [3.05, 3.63) is 54.1 Å². The number of rotatable bonds is 6. The molecule has 3 aromatic rings. The Balaban J connectivity index is 1.84. The maximum absolute atomic E-state index is 12.9. The van der Waals surface area contributed by atoms with E-state index in [1.54, 1.807) is 31.5 Å². The van der Waals surface area contributed by atoms with Crippen molar-refractivity contribution >= 4 is 11.6 Å². The second-order valence-electron chi connectivity index (χ2n) is 7.23. The van der Waals surface area contributed by atoms with Crippen LogP contribution in [0.2, 0.25) is 0 Å². The number of halogens is 3. The molecule has 0 unspecified atom stereocenters. The first-order valence-corrected chi connectivity index (χ1v) is 8.97. The third-order valence-corrected chi connectivity index (χ3v) is 4.21. The number of nitriles is 1. The number of aliphatic hydroxyl groups is 1. The van der Waals surface area contributed by atoms with Crippen molar-refractivity contribution in [2.75, 3.05) is 5.32 Å². The predicted octanol–water partition coefficient (Wildman–Crippen LogP) is 4.08. The van der Waals surface area contributed by atoms with Crippen molar-refractivity contribution in [2.45, 2.75) is 38.6 Å². The maximum Gasteiger partial charge on any atom is 0.433 e. The number of nitrogens with zero attached hydrogens (tertiary/aromatic N) is 5. The Hall–Kier alpha value is -3.45. The highest BCUT2D eigenvalue weighted by atomic mass is 19.4. The van der Waals surface area contributed by atoms with Crippen LogP contribution in [0.4, 0.5) is 24.8 Å². The first-order chi connectivity index (χ1) is 14.1. The zero-order chi connectivity index (χ0) is 21.9. The van der Waals surface area contributed by atoms with Crippen LogP contribution in [0, 0.1) is 18.3 Å². The Morgan fingerprint density at radius 1 is 1.23 bits per heavy atom. The fourth-order valence-corrected chi connectivity index (χ4v) is 2.90. The molecule has 3 rings (SSSR count). The van der Waals surface area contributed by atoms with E-state index in [1.165, 1.54) is 4.68 Å². The Labute approximate surface area is 170 Å². The minimum absolute atomic E-state index is 0.0301. The first kappa shape index (κ1) is 21.3. The summed E-state index contributed by atoms with van der Waals surface area (Å²) in [7, 11) is 0. The Kier molecular flexibility index (Phi) is 5.75. The maximum atomic E-state index is 12.9. The van der Waals surface area contributed by atoms with E-state index in [0.717, 1.165) is 29.0 Å². The Morgan fingerprint density at radius 2 is 2.00 bits per heavy atom. The molecule has 2 N–H and O–H groups in total. The van der Waals surface area contributed by atoms with Gasteiger partial charge in [-0.15, -0.1) is 0 Å². The van der Waals surface area contributed by atoms with E-state index in [1.807, 2.05) is 19.1 Å². The molecule has 0 saturated carbocycles. The van der Waals surface area contributed by atoms with E-state index in [9.17, 15) is 18.3 Å². The van der Waals surface area contributed by atoms with Crippen LogP contribution in [0.3, 0.4) is 0 Å². The van der Waals surface area contributed by atoms with Crippen LogP contribution in [-0.4, -0.2) is 30.5 Å². The van der Waals surface area contributed by atoms with E-state index in [-0.39, 0.29) is 18.9 Å². The molecule has 30 heavy (non-hydrogen) atoms. The molecule has 0 spiro atoms. The Morgan fingerprint density at radius 3 is 2.70 bits per heavy atom. The molecular weight excluding hydrogens is 397 g/mol. The molecule has 0 radical (unpaired) electrons. The summed E-state index contributed by atoms with van der Waals surface area (Å²) in [5, 5.41) is 26.0. The van der Waals surface area contributed by atoms with Crippen molar-refractivity contribution in [2.24, 2.45) is 0 Å². The van der Waals surface area contributed by atoms with Crippen molar-refractivity contribution in [1.82, 2.24) is 19.7 Å². The summed E-state index contributed by atoms with van der Waals surface area (Å²) in [5.74, 6) is -0.162. The lowest BCUT2D eigenvalue weighted by Crippen LogP contribution is -2.30. The molecule has 1 atom stereocenters. The molecule has 0 aliphatic heterocycles.